The first kappa shape index (κ1) is 10.6. The van der Waals surface area contributed by atoms with Crippen molar-refractivity contribution in [3.63, 3.8) is 0 Å². The number of nitrogens with two attached hydrogens (primary N) is 2. The van der Waals surface area contributed by atoms with Gasteiger partial charge in [0.2, 0.25) is 0 Å². The van der Waals surface area contributed by atoms with E-state index >= 15 is 0 Å². The second-order valence-electron chi connectivity index (χ2n) is 3.73. The van der Waals surface area contributed by atoms with Crippen molar-refractivity contribution in [2.24, 2.45) is 11.7 Å². The van der Waals surface area contributed by atoms with E-state index in [9.17, 15) is 0 Å². The molecule has 74 valence electrons. The molecule has 0 aliphatic carbocycles. The summed E-state index contributed by atoms with van der Waals surface area (Å²) in [6.07, 6.45) is 0. The topological polar surface area (TPSA) is 75.8 Å². The van der Waals surface area contributed by atoms with Crippen LogP contribution in [0.3, 0.4) is 0 Å². The SMILES string of the molecule is CC(C)C(N)c1ccc(C#N)cc1N. The summed E-state index contributed by atoms with van der Waals surface area (Å²) in [5, 5.41) is 8.66. The number of benzene rings is 1. The lowest BCUT2D eigenvalue weighted by atomic mass is 9.95. The van der Waals surface area contributed by atoms with Crippen LogP contribution in [-0.2, 0) is 0 Å². The fraction of sp³-hybridized carbons (Fsp3) is 0.364. The molecule has 1 aromatic carbocycles. The van der Waals surface area contributed by atoms with Gasteiger partial charge in [-0.25, -0.2) is 0 Å². The Bertz CT molecular complexity index is 363. The second kappa shape index (κ2) is 4.12. The van der Waals surface area contributed by atoms with Crippen LogP contribution < -0.4 is 11.5 Å². The second-order valence-corrected chi connectivity index (χ2v) is 3.73. The molecule has 0 fully saturated rings. The Morgan fingerprint density at radius 3 is 2.43 bits per heavy atom. The van der Waals surface area contributed by atoms with Crippen molar-refractivity contribution in [3.8, 4) is 6.07 Å². The molecule has 3 nitrogen and oxygen atoms in total. The Kier molecular flexibility index (Phi) is 3.10. The van der Waals surface area contributed by atoms with Crippen LogP contribution in [0.1, 0.15) is 31.0 Å². The van der Waals surface area contributed by atoms with E-state index in [1.807, 2.05) is 26.0 Å². The fourth-order valence-corrected chi connectivity index (χ4v) is 1.31. The van der Waals surface area contributed by atoms with Crippen LogP contribution >= 0.6 is 0 Å². The Labute approximate surface area is 84.3 Å². The van der Waals surface area contributed by atoms with E-state index in [4.69, 9.17) is 16.7 Å². The van der Waals surface area contributed by atoms with E-state index in [0.29, 0.717) is 17.2 Å². The highest BCUT2D eigenvalue weighted by Crippen LogP contribution is 2.24. The minimum absolute atomic E-state index is 0.0669. The van der Waals surface area contributed by atoms with Gasteiger partial charge in [-0.15, -0.1) is 0 Å². The standard InChI is InChI=1S/C11H15N3/c1-7(2)11(14)9-4-3-8(6-12)5-10(9)13/h3-5,7,11H,13-14H2,1-2H3. The zero-order chi connectivity index (χ0) is 10.7. The summed E-state index contributed by atoms with van der Waals surface area (Å²) in [7, 11) is 0. The van der Waals surface area contributed by atoms with Gasteiger partial charge in [0.05, 0.1) is 11.6 Å². The molecule has 0 amide bonds. The molecule has 0 aliphatic rings. The van der Waals surface area contributed by atoms with Gasteiger partial charge in [-0.05, 0) is 23.6 Å². The van der Waals surface area contributed by atoms with Crippen LogP contribution in [-0.4, -0.2) is 0 Å². The monoisotopic (exact) mass is 189 g/mol. The van der Waals surface area contributed by atoms with Gasteiger partial charge in [0.1, 0.15) is 0 Å². The molecular weight excluding hydrogens is 174 g/mol. The molecule has 0 aromatic heterocycles. The number of nitrogen functional groups attached to an aromatic ring is 1. The first-order chi connectivity index (χ1) is 6.56. The average molecular weight is 189 g/mol. The van der Waals surface area contributed by atoms with Gasteiger partial charge < -0.3 is 11.5 Å². The Morgan fingerprint density at radius 1 is 1.36 bits per heavy atom. The molecule has 0 heterocycles. The van der Waals surface area contributed by atoms with Crippen LogP contribution in [0.15, 0.2) is 18.2 Å². The average Bonchev–Trinajstić information content (AvgIpc) is 2.16. The molecule has 4 N–H and O–H groups in total. The van der Waals surface area contributed by atoms with Gasteiger partial charge >= 0.3 is 0 Å². The maximum absolute atomic E-state index is 8.66. The van der Waals surface area contributed by atoms with Gasteiger partial charge in [-0.3, -0.25) is 0 Å². The molecule has 0 saturated carbocycles. The Morgan fingerprint density at radius 2 is 2.00 bits per heavy atom. The zero-order valence-electron chi connectivity index (χ0n) is 8.49. The van der Waals surface area contributed by atoms with Gasteiger partial charge in [0.15, 0.2) is 0 Å². The van der Waals surface area contributed by atoms with Crippen molar-refractivity contribution in [2.45, 2.75) is 19.9 Å². The first-order valence-electron chi connectivity index (χ1n) is 4.61. The smallest absolute Gasteiger partial charge is 0.0992 e. The molecule has 0 spiro atoms. The Balaban J connectivity index is 3.07. The third-order valence-electron chi connectivity index (χ3n) is 2.29. The highest BCUT2D eigenvalue weighted by Gasteiger charge is 2.13. The third kappa shape index (κ3) is 2.04. The van der Waals surface area contributed by atoms with E-state index in [0.717, 1.165) is 5.56 Å². The molecule has 0 radical (unpaired) electrons. The number of hydrogen-bond donors (Lipinski definition) is 2. The molecule has 1 aromatic rings. The minimum Gasteiger partial charge on any atom is -0.398 e. The number of anilines is 1. The summed E-state index contributed by atoms with van der Waals surface area (Å²) in [5.41, 5.74) is 13.9. The third-order valence-corrected chi connectivity index (χ3v) is 2.29. The predicted octanol–water partition coefficient (Wildman–Crippen LogP) is 1.80. The van der Waals surface area contributed by atoms with E-state index in [2.05, 4.69) is 0 Å². The largest absolute Gasteiger partial charge is 0.398 e. The van der Waals surface area contributed by atoms with E-state index in [1.165, 1.54) is 0 Å². The van der Waals surface area contributed by atoms with Crippen molar-refractivity contribution in [1.29, 1.82) is 5.26 Å². The first-order valence-corrected chi connectivity index (χ1v) is 4.61. The highest BCUT2D eigenvalue weighted by atomic mass is 14.7. The summed E-state index contributed by atoms with van der Waals surface area (Å²) in [6, 6.07) is 7.22. The summed E-state index contributed by atoms with van der Waals surface area (Å²) < 4.78 is 0. The van der Waals surface area contributed by atoms with Crippen molar-refractivity contribution in [3.05, 3.63) is 29.3 Å². The van der Waals surface area contributed by atoms with Crippen LogP contribution in [0.25, 0.3) is 0 Å². The lowest BCUT2D eigenvalue weighted by Crippen LogP contribution is -2.18. The predicted molar refractivity (Wildman–Crippen MR) is 57.3 cm³/mol. The molecule has 1 unspecified atom stereocenters. The number of nitrogens with zero attached hydrogens (tertiary/aromatic N) is 1. The fourth-order valence-electron chi connectivity index (χ4n) is 1.31. The number of rotatable bonds is 2. The Hall–Kier alpha value is -1.53. The van der Waals surface area contributed by atoms with Crippen LogP contribution in [0.5, 0.6) is 0 Å². The lowest BCUT2D eigenvalue weighted by molar-refractivity contribution is 0.515. The number of nitriles is 1. The molecule has 14 heavy (non-hydrogen) atoms. The van der Waals surface area contributed by atoms with E-state index < -0.39 is 0 Å². The molecule has 3 heteroatoms. The quantitative estimate of drug-likeness (QED) is 0.696. The van der Waals surface area contributed by atoms with Crippen molar-refractivity contribution >= 4 is 5.69 Å². The maximum Gasteiger partial charge on any atom is 0.0992 e. The summed E-state index contributed by atoms with van der Waals surface area (Å²) >= 11 is 0. The summed E-state index contributed by atoms with van der Waals surface area (Å²) in [4.78, 5) is 0. The van der Waals surface area contributed by atoms with Gasteiger partial charge in [-0.2, -0.15) is 5.26 Å². The molecule has 0 bridgehead atoms. The van der Waals surface area contributed by atoms with Crippen LogP contribution in [0, 0.1) is 17.2 Å². The normalized spacial score (nSPS) is 12.5. The molecule has 0 saturated heterocycles. The van der Waals surface area contributed by atoms with Gasteiger partial charge in [0, 0.05) is 11.7 Å². The molecular formula is C11H15N3. The lowest BCUT2D eigenvalue weighted by Gasteiger charge is -2.17. The summed E-state index contributed by atoms with van der Waals surface area (Å²) in [6.45, 7) is 4.09. The molecule has 1 rings (SSSR count). The van der Waals surface area contributed by atoms with Crippen molar-refractivity contribution in [2.75, 3.05) is 5.73 Å². The molecule has 1 atom stereocenters. The highest BCUT2D eigenvalue weighted by molar-refractivity contribution is 5.53. The maximum atomic E-state index is 8.66. The van der Waals surface area contributed by atoms with Gasteiger partial charge in [0.25, 0.3) is 0 Å². The van der Waals surface area contributed by atoms with E-state index in [1.54, 1.807) is 12.1 Å². The minimum atomic E-state index is -0.0669. The molecule has 0 aliphatic heterocycles. The number of hydrogen-bond acceptors (Lipinski definition) is 3. The van der Waals surface area contributed by atoms with Crippen molar-refractivity contribution in [1.82, 2.24) is 0 Å². The zero-order valence-corrected chi connectivity index (χ0v) is 8.49. The van der Waals surface area contributed by atoms with Crippen LogP contribution in [0.4, 0.5) is 5.69 Å². The van der Waals surface area contributed by atoms with E-state index in [-0.39, 0.29) is 6.04 Å². The summed E-state index contributed by atoms with van der Waals surface area (Å²) in [5.74, 6) is 0.338. The van der Waals surface area contributed by atoms with Gasteiger partial charge in [-0.1, -0.05) is 19.9 Å². The van der Waals surface area contributed by atoms with Crippen molar-refractivity contribution < 1.29 is 0 Å². The van der Waals surface area contributed by atoms with Crippen LogP contribution in [0.2, 0.25) is 0 Å².